The SMILES string of the molecule is CC(C)n1ncc2c(C(=O)OCC(=O)NC(N)=O)cc(-c3ccccc3)nc21. The van der Waals surface area contributed by atoms with Crippen LogP contribution in [0.15, 0.2) is 42.6 Å². The Hall–Kier alpha value is -3.75. The summed E-state index contributed by atoms with van der Waals surface area (Å²) in [5, 5.41) is 6.66. The zero-order valence-electron chi connectivity index (χ0n) is 15.4. The number of pyridine rings is 1. The molecule has 3 amide bonds. The van der Waals surface area contributed by atoms with Crippen molar-refractivity contribution < 1.29 is 19.1 Å². The van der Waals surface area contributed by atoms with E-state index < -0.39 is 24.5 Å². The van der Waals surface area contributed by atoms with Gasteiger partial charge >= 0.3 is 12.0 Å². The molecule has 3 rings (SSSR count). The number of carbonyl (C=O) groups is 3. The highest BCUT2D eigenvalue weighted by Gasteiger charge is 2.20. The smallest absolute Gasteiger partial charge is 0.339 e. The Morgan fingerprint density at radius 3 is 2.57 bits per heavy atom. The molecular formula is C19H19N5O4. The lowest BCUT2D eigenvalue weighted by Gasteiger charge is -2.10. The molecule has 0 saturated heterocycles. The number of aromatic nitrogens is 3. The fraction of sp³-hybridized carbons (Fsp3) is 0.211. The summed E-state index contributed by atoms with van der Waals surface area (Å²) in [7, 11) is 0. The van der Waals surface area contributed by atoms with E-state index in [4.69, 9.17) is 10.5 Å². The lowest BCUT2D eigenvalue weighted by molar-refractivity contribution is -0.123. The van der Waals surface area contributed by atoms with Crippen LogP contribution in [0.5, 0.6) is 0 Å². The van der Waals surface area contributed by atoms with Gasteiger partial charge in [0.1, 0.15) is 0 Å². The number of nitrogens with two attached hydrogens (primary N) is 1. The average molecular weight is 381 g/mol. The second kappa shape index (κ2) is 7.87. The molecule has 0 fully saturated rings. The lowest BCUT2D eigenvalue weighted by atomic mass is 10.1. The molecule has 0 bridgehead atoms. The number of benzene rings is 1. The van der Waals surface area contributed by atoms with Crippen LogP contribution in [-0.2, 0) is 9.53 Å². The molecule has 3 N–H and O–H groups in total. The normalized spacial score (nSPS) is 10.8. The number of ether oxygens (including phenoxy) is 1. The summed E-state index contributed by atoms with van der Waals surface area (Å²) < 4.78 is 6.74. The maximum atomic E-state index is 12.6. The quantitative estimate of drug-likeness (QED) is 0.651. The van der Waals surface area contributed by atoms with E-state index in [0.29, 0.717) is 16.7 Å². The number of esters is 1. The summed E-state index contributed by atoms with van der Waals surface area (Å²) in [6, 6.07) is 9.98. The standard InChI is InChI=1S/C19H19N5O4/c1-11(2)24-17-14(9-21-24)13(18(26)28-10-16(25)23-19(20)27)8-15(22-17)12-6-4-3-5-7-12/h3-9,11H,10H2,1-2H3,(H3,20,23,25,27). The first-order chi connectivity index (χ1) is 13.4. The fourth-order valence-electron chi connectivity index (χ4n) is 2.70. The number of hydrogen-bond acceptors (Lipinski definition) is 6. The Bertz CT molecular complexity index is 1040. The molecule has 0 saturated carbocycles. The van der Waals surface area contributed by atoms with Crippen molar-refractivity contribution >= 4 is 28.9 Å². The Morgan fingerprint density at radius 1 is 1.21 bits per heavy atom. The van der Waals surface area contributed by atoms with Crippen molar-refractivity contribution in [1.82, 2.24) is 20.1 Å². The Labute approximate surface area is 160 Å². The van der Waals surface area contributed by atoms with E-state index in [1.54, 1.807) is 10.7 Å². The number of urea groups is 1. The van der Waals surface area contributed by atoms with Crippen LogP contribution in [0.3, 0.4) is 0 Å². The van der Waals surface area contributed by atoms with Crippen molar-refractivity contribution in [1.29, 1.82) is 0 Å². The number of rotatable bonds is 5. The van der Waals surface area contributed by atoms with Crippen molar-refractivity contribution in [3.8, 4) is 11.3 Å². The largest absolute Gasteiger partial charge is 0.452 e. The van der Waals surface area contributed by atoms with Gasteiger partial charge < -0.3 is 10.5 Å². The summed E-state index contributed by atoms with van der Waals surface area (Å²) in [5.74, 6) is -1.54. The summed E-state index contributed by atoms with van der Waals surface area (Å²) in [6.45, 7) is 3.27. The average Bonchev–Trinajstić information content (AvgIpc) is 3.09. The van der Waals surface area contributed by atoms with Crippen LogP contribution in [0.2, 0.25) is 0 Å². The zero-order chi connectivity index (χ0) is 20.3. The second-order valence-corrected chi connectivity index (χ2v) is 6.33. The maximum absolute atomic E-state index is 12.6. The van der Waals surface area contributed by atoms with Crippen molar-refractivity contribution in [2.24, 2.45) is 5.73 Å². The molecule has 0 radical (unpaired) electrons. The van der Waals surface area contributed by atoms with E-state index in [9.17, 15) is 14.4 Å². The van der Waals surface area contributed by atoms with Crippen LogP contribution < -0.4 is 11.1 Å². The number of carbonyl (C=O) groups excluding carboxylic acids is 3. The molecule has 2 aromatic heterocycles. The fourth-order valence-corrected chi connectivity index (χ4v) is 2.70. The van der Waals surface area contributed by atoms with E-state index in [1.165, 1.54) is 6.20 Å². The predicted octanol–water partition coefficient (Wildman–Crippen LogP) is 2.03. The molecule has 0 spiro atoms. The first kappa shape index (κ1) is 19.0. The second-order valence-electron chi connectivity index (χ2n) is 6.33. The highest BCUT2D eigenvalue weighted by molar-refractivity contribution is 6.04. The third kappa shape index (κ3) is 3.98. The molecule has 2 heterocycles. The monoisotopic (exact) mass is 381 g/mol. The van der Waals surface area contributed by atoms with E-state index >= 15 is 0 Å². The Balaban J connectivity index is 2.01. The van der Waals surface area contributed by atoms with Gasteiger partial charge in [0.15, 0.2) is 12.3 Å². The van der Waals surface area contributed by atoms with Crippen molar-refractivity contribution in [3.05, 3.63) is 48.2 Å². The lowest BCUT2D eigenvalue weighted by Crippen LogP contribution is -2.37. The van der Waals surface area contributed by atoms with E-state index in [2.05, 4.69) is 10.1 Å². The van der Waals surface area contributed by atoms with Crippen LogP contribution in [-0.4, -0.2) is 39.3 Å². The van der Waals surface area contributed by atoms with Crippen molar-refractivity contribution in [2.45, 2.75) is 19.9 Å². The van der Waals surface area contributed by atoms with E-state index in [0.717, 1.165) is 5.56 Å². The van der Waals surface area contributed by atoms with Crippen LogP contribution in [0.1, 0.15) is 30.2 Å². The molecule has 9 nitrogen and oxygen atoms in total. The zero-order valence-corrected chi connectivity index (χ0v) is 15.4. The Kier molecular flexibility index (Phi) is 5.35. The molecule has 1 aromatic carbocycles. The molecule has 144 valence electrons. The van der Waals surface area contributed by atoms with Crippen LogP contribution in [0, 0.1) is 0 Å². The van der Waals surface area contributed by atoms with Crippen LogP contribution in [0.4, 0.5) is 4.79 Å². The third-order valence-corrected chi connectivity index (χ3v) is 3.94. The Morgan fingerprint density at radius 2 is 1.93 bits per heavy atom. The highest BCUT2D eigenvalue weighted by Crippen LogP contribution is 2.26. The summed E-state index contributed by atoms with van der Waals surface area (Å²) in [5.41, 5.74) is 7.02. The molecule has 3 aromatic rings. The molecule has 0 aliphatic rings. The molecule has 0 unspecified atom stereocenters. The first-order valence-electron chi connectivity index (χ1n) is 8.57. The highest BCUT2D eigenvalue weighted by atomic mass is 16.5. The van der Waals surface area contributed by atoms with Gasteiger partial charge in [-0.1, -0.05) is 30.3 Å². The van der Waals surface area contributed by atoms with Gasteiger partial charge in [-0.25, -0.2) is 19.3 Å². The number of primary amides is 1. The van der Waals surface area contributed by atoms with Gasteiger partial charge in [0, 0.05) is 11.6 Å². The number of fused-ring (bicyclic) bond motifs is 1. The van der Waals surface area contributed by atoms with Gasteiger partial charge in [0.05, 0.1) is 22.8 Å². The van der Waals surface area contributed by atoms with Crippen LogP contribution in [0.25, 0.3) is 22.3 Å². The topological polar surface area (TPSA) is 129 Å². The minimum atomic E-state index is -1.02. The molecular weight excluding hydrogens is 362 g/mol. The molecule has 0 aliphatic heterocycles. The van der Waals surface area contributed by atoms with Gasteiger partial charge in [0.25, 0.3) is 5.91 Å². The van der Waals surface area contributed by atoms with Gasteiger partial charge in [-0.05, 0) is 19.9 Å². The van der Waals surface area contributed by atoms with Gasteiger partial charge in [-0.3, -0.25) is 10.1 Å². The first-order valence-corrected chi connectivity index (χ1v) is 8.57. The number of nitrogens with zero attached hydrogens (tertiary/aromatic N) is 3. The minimum Gasteiger partial charge on any atom is -0.452 e. The maximum Gasteiger partial charge on any atom is 0.339 e. The van der Waals surface area contributed by atoms with Crippen molar-refractivity contribution in [2.75, 3.05) is 6.61 Å². The number of amides is 3. The molecule has 9 heteroatoms. The van der Waals surface area contributed by atoms with Gasteiger partial charge in [-0.2, -0.15) is 5.10 Å². The van der Waals surface area contributed by atoms with Gasteiger partial charge in [-0.15, -0.1) is 0 Å². The molecule has 28 heavy (non-hydrogen) atoms. The molecule has 0 atom stereocenters. The van der Waals surface area contributed by atoms with Crippen molar-refractivity contribution in [3.63, 3.8) is 0 Å². The third-order valence-electron chi connectivity index (χ3n) is 3.94. The molecule has 0 aliphatic carbocycles. The van der Waals surface area contributed by atoms with E-state index in [1.807, 2.05) is 49.5 Å². The number of imide groups is 1. The minimum absolute atomic E-state index is 0.0289. The summed E-state index contributed by atoms with van der Waals surface area (Å²) >= 11 is 0. The number of hydrogen-bond donors (Lipinski definition) is 2. The van der Waals surface area contributed by atoms with Gasteiger partial charge in [0.2, 0.25) is 0 Å². The summed E-state index contributed by atoms with van der Waals surface area (Å²) in [4.78, 5) is 39.5. The van der Waals surface area contributed by atoms with E-state index in [-0.39, 0.29) is 11.6 Å². The van der Waals surface area contributed by atoms with Crippen LogP contribution >= 0.6 is 0 Å². The summed E-state index contributed by atoms with van der Waals surface area (Å²) in [6.07, 6.45) is 1.54. The number of nitrogens with one attached hydrogen (secondary N) is 1. The predicted molar refractivity (Wildman–Crippen MR) is 101 cm³/mol.